The van der Waals surface area contributed by atoms with Gasteiger partial charge in [-0.3, -0.25) is 4.90 Å². The maximum Gasteiger partial charge on any atom is 0.214 e. The normalized spacial score (nSPS) is 19.8. The minimum absolute atomic E-state index is 0.0672. The summed E-state index contributed by atoms with van der Waals surface area (Å²) in [6, 6.07) is 15.4. The van der Waals surface area contributed by atoms with Crippen LogP contribution in [0.15, 0.2) is 48.5 Å². The Morgan fingerprint density at radius 3 is 2.83 bits per heavy atom. The lowest BCUT2D eigenvalue weighted by molar-refractivity contribution is -0.0403. The molecule has 2 heterocycles. The van der Waals surface area contributed by atoms with Crippen molar-refractivity contribution in [2.24, 2.45) is 0 Å². The second-order valence-electron chi connectivity index (χ2n) is 6.13. The summed E-state index contributed by atoms with van der Waals surface area (Å²) in [5, 5.41) is 3.32. The van der Waals surface area contributed by atoms with Crippen molar-refractivity contribution in [2.75, 3.05) is 25.0 Å². The van der Waals surface area contributed by atoms with Gasteiger partial charge in [0.1, 0.15) is 5.82 Å². The first-order valence-electron chi connectivity index (χ1n) is 8.51. The number of nitrogens with zero attached hydrogens (tertiary/aromatic N) is 2. The molecule has 5 heteroatoms. The van der Waals surface area contributed by atoms with Crippen molar-refractivity contribution in [3.63, 3.8) is 0 Å². The van der Waals surface area contributed by atoms with Gasteiger partial charge < -0.3 is 10.1 Å². The van der Waals surface area contributed by atoms with Crippen LogP contribution in [0.25, 0.3) is 0 Å². The van der Waals surface area contributed by atoms with Crippen LogP contribution in [-0.2, 0) is 11.3 Å². The third kappa shape index (κ3) is 4.52. The number of aromatic nitrogens is 1. The molecular weight excluding hydrogens is 305 g/mol. The summed E-state index contributed by atoms with van der Waals surface area (Å²) in [6.45, 7) is 5.54. The van der Waals surface area contributed by atoms with Crippen molar-refractivity contribution in [1.29, 1.82) is 0 Å². The van der Waals surface area contributed by atoms with Crippen molar-refractivity contribution in [2.45, 2.75) is 32.0 Å². The SMILES string of the molecule is CCC(Nc1cccc(F)n1)C1CN(Cc2ccccc2)CCO1. The fourth-order valence-corrected chi connectivity index (χ4v) is 3.10. The highest BCUT2D eigenvalue weighted by Gasteiger charge is 2.27. The van der Waals surface area contributed by atoms with Gasteiger partial charge in [-0.1, -0.05) is 43.3 Å². The van der Waals surface area contributed by atoms with Gasteiger partial charge in [0, 0.05) is 19.6 Å². The van der Waals surface area contributed by atoms with Gasteiger partial charge in [-0.25, -0.2) is 4.98 Å². The number of hydrogen-bond acceptors (Lipinski definition) is 4. The second-order valence-corrected chi connectivity index (χ2v) is 6.13. The monoisotopic (exact) mass is 329 g/mol. The molecular formula is C19H24FN3O. The zero-order valence-electron chi connectivity index (χ0n) is 14.0. The fraction of sp³-hybridized carbons (Fsp3) is 0.421. The van der Waals surface area contributed by atoms with E-state index in [4.69, 9.17) is 4.74 Å². The van der Waals surface area contributed by atoms with Gasteiger partial charge in [-0.05, 0) is 24.1 Å². The van der Waals surface area contributed by atoms with Crippen LogP contribution >= 0.6 is 0 Å². The number of ether oxygens (including phenoxy) is 1. The van der Waals surface area contributed by atoms with Crippen molar-refractivity contribution >= 4 is 5.82 Å². The molecule has 4 nitrogen and oxygen atoms in total. The highest BCUT2D eigenvalue weighted by molar-refractivity contribution is 5.35. The number of hydrogen-bond donors (Lipinski definition) is 1. The summed E-state index contributed by atoms with van der Waals surface area (Å²) in [6.07, 6.45) is 0.958. The first-order chi connectivity index (χ1) is 11.7. The summed E-state index contributed by atoms with van der Waals surface area (Å²) in [5.74, 6) is 0.0933. The molecule has 1 aliphatic rings. The van der Waals surface area contributed by atoms with Crippen LogP contribution in [0.3, 0.4) is 0 Å². The lowest BCUT2D eigenvalue weighted by atomic mass is 10.1. The molecule has 0 bridgehead atoms. The molecule has 0 saturated carbocycles. The van der Waals surface area contributed by atoms with E-state index in [1.807, 2.05) is 6.07 Å². The van der Waals surface area contributed by atoms with Crippen molar-refractivity contribution in [3.05, 3.63) is 60.0 Å². The number of halogens is 1. The fourth-order valence-electron chi connectivity index (χ4n) is 3.10. The molecule has 1 aromatic carbocycles. The van der Waals surface area contributed by atoms with E-state index in [9.17, 15) is 4.39 Å². The predicted molar refractivity (Wildman–Crippen MR) is 93.4 cm³/mol. The Bertz CT molecular complexity index is 638. The molecule has 1 saturated heterocycles. The Labute approximate surface area is 142 Å². The average molecular weight is 329 g/mol. The number of morpholine rings is 1. The van der Waals surface area contributed by atoms with Gasteiger partial charge in [-0.15, -0.1) is 0 Å². The molecule has 1 aliphatic heterocycles. The van der Waals surface area contributed by atoms with E-state index in [1.165, 1.54) is 11.6 Å². The number of nitrogens with one attached hydrogen (secondary N) is 1. The molecule has 2 aromatic rings. The van der Waals surface area contributed by atoms with Gasteiger partial charge in [0.05, 0.1) is 18.8 Å². The van der Waals surface area contributed by atoms with E-state index >= 15 is 0 Å². The summed E-state index contributed by atoms with van der Waals surface area (Å²) in [7, 11) is 0. The van der Waals surface area contributed by atoms with Crippen LogP contribution in [0.2, 0.25) is 0 Å². The first kappa shape index (κ1) is 16.9. The lowest BCUT2D eigenvalue weighted by Gasteiger charge is -2.37. The Kier molecular flexibility index (Phi) is 5.77. The molecule has 24 heavy (non-hydrogen) atoms. The summed E-state index contributed by atoms with van der Waals surface area (Å²) in [4.78, 5) is 6.31. The first-order valence-corrected chi connectivity index (χ1v) is 8.51. The van der Waals surface area contributed by atoms with Crippen LogP contribution in [-0.4, -0.2) is 41.7 Å². The van der Waals surface area contributed by atoms with Crippen molar-refractivity contribution in [1.82, 2.24) is 9.88 Å². The predicted octanol–water partition coefficient (Wildman–Crippen LogP) is 3.31. The van der Waals surface area contributed by atoms with Gasteiger partial charge in [0.2, 0.25) is 5.95 Å². The zero-order valence-corrected chi connectivity index (χ0v) is 14.0. The number of anilines is 1. The van der Waals surface area contributed by atoms with E-state index in [0.29, 0.717) is 12.4 Å². The molecule has 1 aromatic heterocycles. The number of benzene rings is 1. The van der Waals surface area contributed by atoms with Crippen LogP contribution in [0.4, 0.5) is 10.2 Å². The summed E-state index contributed by atoms with van der Waals surface area (Å²) in [5.41, 5.74) is 1.31. The molecule has 0 amide bonds. The van der Waals surface area contributed by atoms with Crippen LogP contribution in [0, 0.1) is 5.95 Å². The maximum absolute atomic E-state index is 13.3. The van der Waals surface area contributed by atoms with E-state index in [0.717, 1.165) is 26.1 Å². The van der Waals surface area contributed by atoms with Crippen molar-refractivity contribution in [3.8, 4) is 0 Å². The standard InChI is InChI=1S/C19H24FN3O/c1-2-16(21-19-10-6-9-18(20)22-19)17-14-23(11-12-24-17)13-15-7-4-3-5-8-15/h3-10,16-17H,2,11-14H2,1H3,(H,21,22). The third-order valence-electron chi connectivity index (χ3n) is 4.36. The highest BCUT2D eigenvalue weighted by atomic mass is 19.1. The van der Waals surface area contributed by atoms with Gasteiger partial charge >= 0.3 is 0 Å². The lowest BCUT2D eigenvalue weighted by Crippen LogP contribution is -2.49. The quantitative estimate of drug-likeness (QED) is 0.825. The topological polar surface area (TPSA) is 37.4 Å². The third-order valence-corrected chi connectivity index (χ3v) is 4.36. The number of pyridine rings is 1. The maximum atomic E-state index is 13.3. The minimum atomic E-state index is -0.467. The Balaban J connectivity index is 1.61. The van der Waals surface area contributed by atoms with Crippen LogP contribution in [0.1, 0.15) is 18.9 Å². The molecule has 1 N–H and O–H groups in total. The van der Waals surface area contributed by atoms with Crippen molar-refractivity contribution < 1.29 is 9.13 Å². The zero-order chi connectivity index (χ0) is 16.8. The van der Waals surface area contributed by atoms with E-state index in [1.54, 1.807) is 12.1 Å². The molecule has 0 radical (unpaired) electrons. The molecule has 0 aliphatic carbocycles. The van der Waals surface area contributed by atoms with Gasteiger partial charge in [0.25, 0.3) is 0 Å². The molecule has 3 rings (SSSR count). The molecule has 2 unspecified atom stereocenters. The van der Waals surface area contributed by atoms with E-state index < -0.39 is 5.95 Å². The molecule has 0 spiro atoms. The molecule has 2 atom stereocenters. The number of rotatable bonds is 6. The highest BCUT2D eigenvalue weighted by Crippen LogP contribution is 2.17. The van der Waals surface area contributed by atoms with Gasteiger partial charge in [0.15, 0.2) is 0 Å². The Morgan fingerprint density at radius 2 is 2.08 bits per heavy atom. The Morgan fingerprint density at radius 1 is 1.25 bits per heavy atom. The molecule has 128 valence electrons. The minimum Gasteiger partial charge on any atom is -0.373 e. The largest absolute Gasteiger partial charge is 0.373 e. The average Bonchev–Trinajstić information content (AvgIpc) is 2.61. The smallest absolute Gasteiger partial charge is 0.214 e. The molecule has 1 fully saturated rings. The van der Waals surface area contributed by atoms with Crippen LogP contribution < -0.4 is 5.32 Å². The summed E-state index contributed by atoms with van der Waals surface area (Å²) >= 11 is 0. The Hall–Kier alpha value is -1.98. The second kappa shape index (κ2) is 8.22. The van der Waals surface area contributed by atoms with E-state index in [-0.39, 0.29) is 12.1 Å². The van der Waals surface area contributed by atoms with Crippen LogP contribution in [0.5, 0.6) is 0 Å². The summed E-state index contributed by atoms with van der Waals surface area (Å²) < 4.78 is 19.3. The van der Waals surface area contributed by atoms with Gasteiger partial charge in [-0.2, -0.15) is 4.39 Å². The van der Waals surface area contributed by atoms with E-state index in [2.05, 4.69) is 46.4 Å².